The molecule has 38 heavy (non-hydrogen) atoms. The van der Waals surface area contributed by atoms with E-state index in [0.29, 0.717) is 19.6 Å². The lowest BCUT2D eigenvalue weighted by atomic mass is 10.2. The van der Waals surface area contributed by atoms with Crippen LogP contribution in [0.2, 0.25) is 0 Å². The summed E-state index contributed by atoms with van der Waals surface area (Å²) >= 11 is 0. The monoisotopic (exact) mass is 563 g/mol. The number of hydroxylamine groups is 9. The number of hydrogen-bond donors (Lipinski definition) is 3. The molecule has 3 N–H and O–H groups in total. The maximum atomic E-state index is 9.73. The van der Waals surface area contributed by atoms with E-state index in [0.717, 1.165) is 19.3 Å². The van der Waals surface area contributed by atoms with Gasteiger partial charge in [0.05, 0.1) is 21.1 Å². The first-order chi connectivity index (χ1) is 17.1. The van der Waals surface area contributed by atoms with Gasteiger partial charge in [-0.1, -0.05) is 38.0 Å². The molecule has 0 aliphatic carbocycles. The molecular formula is C27H54N3O7P. The molecule has 0 aromatic rings. The van der Waals surface area contributed by atoms with E-state index >= 15 is 0 Å². The van der Waals surface area contributed by atoms with Crippen molar-refractivity contribution in [3.63, 3.8) is 0 Å². The van der Waals surface area contributed by atoms with Crippen LogP contribution in [0.5, 0.6) is 0 Å². The maximum absolute atomic E-state index is 9.73. The van der Waals surface area contributed by atoms with Gasteiger partial charge in [0.2, 0.25) is 0 Å². The summed E-state index contributed by atoms with van der Waals surface area (Å²) in [4.78, 5) is 25.6. The smallest absolute Gasteiger partial charge is 0.127 e. The summed E-state index contributed by atoms with van der Waals surface area (Å²) < 4.78 is 8.54. The van der Waals surface area contributed by atoms with E-state index in [9.17, 15) is 15.6 Å². The van der Waals surface area contributed by atoms with Crippen LogP contribution in [0.15, 0.2) is 75.9 Å². The van der Waals surface area contributed by atoms with Crippen LogP contribution in [0.1, 0.15) is 40.0 Å². The molecule has 0 aromatic carbocycles. The Bertz CT molecular complexity index is 645. The second-order valence-electron chi connectivity index (χ2n) is 9.62. The van der Waals surface area contributed by atoms with Crippen molar-refractivity contribution in [2.75, 3.05) is 40.8 Å². The van der Waals surface area contributed by atoms with Gasteiger partial charge in [-0.3, -0.25) is 0 Å². The van der Waals surface area contributed by atoms with E-state index in [1.165, 1.54) is 0 Å². The van der Waals surface area contributed by atoms with E-state index in [1.807, 2.05) is 39.0 Å². The molecule has 0 saturated carbocycles. The highest BCUT2D eigenvalue weighted by atomic mass is 31.2. The van der Waals surface area contributed by atoms with Crippen LogP contribution in [0, 0.1) is 0 Å². The van der Waals surface area contributed by atoms with Crippen molar-refractivity contribution >= 4 is 7.82 Å². The van der Waals surface area contributed by atoms with E-state index in [1.54, 1.807) is 39.4 Å². The fourth-order valence-corrected chi connectivity index (χ4v) is 2.73. The summed E-state index contributed by atoms with van der Waals surface area (Å²) in [6, 6.07) is 0.557. The first-order valence-corrected chi connectivity index (χ1v) is 13.7. The van der Waals surface area contributed by atoms with Gasteiger partial charge in [0.1, 0.15) is 37.8 Å². The Kier molecular flexibility index (Phi) is 25.3. The van der Waals surface area contributed by atoms with Crippen molar-refractivity contribution in [3.05, 3.63) is 75.9 Å². The van der Waals surface area contributed by atoms with Gasteiger partial charge in [0.25, 0.3) is 0 Å². The second kappa shape index (κ2) is 22.2. The topological polar surface area (TPSA) is 147 Å². The van der Waals surface area contributed by atoms with Crippen LogP contribution in [0.4, 0.5) is 0 Å². The van der Waals surface area contributed by atoms with Crippen molar-refractivity contribution in [2.24, 2.45) is 0 Å². The van der Waals surface area contributed by atoms with Crippen molar-refractivity contribution < 1.29 is 48.8 Å². The van der Waals surface area contributed by atoms with E-state index in [2.05, 4.69) is 39.5 Å². The Morgan fingerprint density at radius 1 is 0.579 bits per heavy atom. The van der Waals surface area contributed by atoms with Gasteiger partial charge in [-0.25, -0.2) is 15.6 Å². The lowest BCUT2D eigenvalue weighted by Gasteiger charge is -2.36. The minimum atomic E-state index is -5.39. The molecule has 10 nitrogen and oxygen atoms in total. The van der Waals surface area contributed by atoms with Gasteiger partial charge < -0.3 is 19.2 Å². The molecule has 0 heterocycles. The minimum absolute atomic E-state index is 0.00444. The average Bonchev–Trinajstić information content (AvgIpc) is 2.74. The van der Waals surface area contributed by atoms with E-state index in [4.69, 9.17) is 19.2 Å². The molecular weight excluding hydrogens is 509 g/mol. The summed E-state index contributed by atoms with van der Waals surface area (Å²) in [6.45, 7) is 29.4. The van der Waals surface area contributed by atoms with Gasteiger partial charge in [-0.15, -0.1) is 19.7 Å². The third-order valence-corrected chi connectivity index (χ3v) is 5.87. The molecule has 0 aromatic heterocycles. The zero-order valence-electron chi connectivity index (χ0n) is 24.4. The largest absolute Gasteiger partial charge is 0.822 e. The molecule has 6 atom stereocenters. The van der Waals surface area contributed by atoms with Crippen LogP contribution in [-0.2, 0) is 4.57 Å². The summed E-state index contributed by atoms with van der Waals surface area (Å²) in [5.74, 6) is 0. The van der Waals surface area contributed by atoms with Crippen molar-refractivity contribution in [1.82, 2.24) is 0 Å². The normalized spacial score (nSPS) is 17.6. The number of hydrogen-bond acceptors (Lipinski definition) is 7. The lowest BCUT2D eigenvalue weighted by Crippen LogP contribution is -2.47. The van der Waals surface area contributed by atoms with Crippen molar-refractivity contribution in [1.29, 1.82) is 0 Å². The zero-order valence-corrected chi connectivity index (χ0v) is 25.3. The van der Waals surface area contributed by atoms with Gasteiger partial charge in [0, 0.05) is 19.3 Å². The van der Waals surface area contributed by atoms with Crippen LogP contribution in [0.25, 0.3) is 0 Å². The average molecular weight is 564 g/mol. The van der Waals surface area contributed by atoms with E-state index < -0.39 is 7.82 Å². The zero-order chi connectivity index (χ0) is 31.2. The SMILES string of the molecule is C=CCC(C)[N+](C)(O)CC=C.C=CCC(C)[N+](C)(O)CC=C.C=CCC(C)[N+](C)(O)CC=C.O=P([O-])([O-])[O-]. The maximum Gasteiger partial charge on any atom is 0.127 e. The predicted molar refractivity (Wildman–Crippen MR) is 150 cm³/mol. The molecule has 0 saturated heterocycles. The molecule has 11 heteroatoms. The van der Waals surface area contributed by atoms with Gasteiger partial charge >= 0.3 is 0 Å². The molecule has 6 unspecified atom stereocenters. The van der Waals surface area contributed by atoms with Crippen LogP contribution in [0.3, 0.4) is 0 Å². The number of rotatable bonds is 15. The number of nitrogens with zero attached hydrogens (tertiary/aromatic N) is 3. The fourth-order valence-electron chi connectivity index (χ4n) is 2.73. The molecule has 0 fully saturated rings. The fraction of sp³-hybridized carbons (Fsp3) is 0.556. The number of phosphoric acid groups is 1. The van der Waals surface area contributed by atoms with Crippen molar-refractivity contribution in [2.45, 2.75) is 58.2 Å². The summed E-state index contributed by atoms with van der Waals surface area (Å²) in [6.07, 6.45) is 13.1. The standard InChI is InChI=1S/3C9H18NO.H3O4P/c3*1-5-7-9(3)10(4,11)8-6-2;1-5(2,3)4/h3*5-6,9,11H,1-2,7-8H2,3-4H3;(H3,1,2,3,4)/q3*+1;/p-3. The van der Waals surface area contributed by atoms with Crippen LogP contribution < -0.4 is 14.7 Å². The molecule has 0 aliphatic heterocycles. The molecule has 0 amide bonds. The van der Waals surface area contributed by atoms with Crippen LogP contribution in [-0.4, -0.2) is 88.5 Å². The molecule has 0 spiro atoms. The number of quaternary nitrogens is 3. The first-order valence-electron chi connectivity index (χ1n) is 12.3. The first kappa shape index (κ1) is 43.4. The molecule has 0 aliphatic rings. The molecule has 0 rings (SSSR count). The minimum Gasteiger partial charge on any atom is -0.822 e. The predicted octanol–water partition coefficient (Wildman–Crippen LogP) is 3.09. The molecule has 224 valence electrons. The number of likely N-dealkylation sites (N-methyl/N-ethyl adjacent to an activating group) is 3. The summed E-state index contributed by atoms with van der Waals surface area (Å²) in [7, 11) is -0.0679. The van der Waals surface area contributed by atoms with Gasteiger partial charge in [-0.05, 0) is 39.0 Å². The van der Waals surface area contributed by atoms with Gasteiger partial charge in [0.15, 0.2) is 0 Å². The molecule has 0 bridgehead atoms. The Hall–Kier alpha value is -1.69. The quantitative estimate of drug-likeness (QED) is 0.120. The summed E-state index contributed by atoms with van der Waals surface area (Å²) in [5.41, 5.74) is 0. The van der Waals surface area contributed by atoms with Crippen LogP contribution >= 0.6 is 7.82 Å². The Morgan fingerprint density at radius 2 is 0.737 bits per heavy atom. The highest BCUT2D eigenvalue weighted by Crippen LogP contribution is 2.11. The highest BCUT2D eigenvalue weighted by molar-refractivity contribution is 7.40. The third kappa shape index (κ3) is 27.3. The highest BCUT2D eigenvalue weighted by Gasteiger charge is 2.25. The van der Waals surface area contributed by atoms with Gasteiger partial charge in [-0.2, -0.15) is 21.8 Å². The lowest BCUT2D eigenvalue weighted by molar-refractivity contribution is -1.10. The van der Waals surface area contributed by atoms with Crippen molar-refractivity contribution in [3.8, 4) is 0 Å². The second-order valence-corrected chi connectivity index (χ2v) is 10.5. The third-order valence-electron chi connectivity index (χ3n) is 5.87. The molecule has 0 radical (unpaired) electrons. The van der Waals surface area contributed by atoms with E-state index in [-0.39, 0.29) is 32.1 Å². The Morgan fingerprint density at radius 3 is 0.842 bits per heavy atom. The summed E-state index contributed by atoms with van der Waals surface area (Å²) in [5, 5.41) is 29.2. The Labute approximate surface area is 231 Å². The Balaban J connectivity index is -0.000000209.